The maximum absolute atomic E-state index is 12.4. The number of ether oxygens (including phenoxy) is 1. The van der Waals surface area contributed by atoms with Crippen LogP contribution in [0.2, 0.25) is 0 Å². The van der Waals surface area contributed by atoms with Gasteiger partial charge in [-0.3, -0.25) is 9.69 Å². The molecule has 0 aliphatic carbocycles. The van der Waals surface area contributed by atoms with Crippen LogP contribution in [0.3, 0.4) is 0 Å². The first-order chi connectivity index (χ1) is 9.73. The number of nitrogens with zero attached hydrogens (tertiary/aromatic N) is 1. The summed E-state index contributed by atoms with van der Waals surface area (Å²) in [6.45, 7) is 6.68. The maximum Gasteiger partial charge on any atom is 0.240 e. The molecule has 0 spiro atoms. The summed E-state index contributed by atoms with van der Waals surface area (Å²) in [6, 6.07) is 0.625. The molecule has 3 aliphatic heterocycles. The van der Waals surface area contributed by atoms with Crippen molar-refractivity contribution in [3.8, 4) is 0 Å². The third-order valence-corrected chi connectivity index (χ3v) is 5.23. The van der Waals surface area contributed by atoms with Crippen molar-refractivity contribution in [1.29, 1.82) is 0 Å². The van der Waals surface area contributed by atoms with Gasteiger partial charge in [0.25, 0.3) is 0 Å². The number of nitrogens with one attached hydrogen (secondary N) is 2. The Hall–Kier alpha value is -0.650. The number of morpholine rings is 1. The molecule has 3 unspecified atom stereocenters. The van der Waals surface area contributed by atoms with Gasteiger partial charge >= 0.3 is 0 Å². The molecule has 3 saturated heterocycles. The van der Waals surface area contributed by atoms with E-state index in [1.807, 2.05) is 0 Å². The second-order valence-corrected chi connectivity index (χ2v) is 6.42. The van der Waals surface area contributed by atoms with Gasteiger partial charge in [-0.15, -0.1) is 0 Å². The van der Waals surface area contributed by atoms with Crippen molar-refractivity contribution in [3.05, 3.63) is 0 Å². The molecular formula is C15H27N3O2. The molecule has 0 aromatic heterocycles. The average molecular weight is 281 g/mol. The highest BCUT2D eigenvalue weighted by molar-refractivity contribution is 5.86. The van der Waals surface area contributed by atoms with Gasteiger partial charge in [0, 0.05) is 19.1 Å². The zero-order valence-electron chi connectivity index (χ0n) is 12.5. The number of carbonyl (C=O) groups is 1. The Bertz CT molecular complexity index is 355. The topological polar surface area (TPSA) is 53.6 Å². The van der Waals surface area contributed by atoms with E-state index in [0.717, 1.165) is 39.0 Å². The van der Waals surface area contributed by atoms with Gasteiger partial charge in [-0.05, 0) is 45.2 Å². The van der Waals surface area contributed by atoms with E-state index >= 15 is 0 Å². The van der Waals surface area contributed by atoms with Crippen LogP contribution in [0.25, 0.3) is 0 Å². The van der Waals surface area contributed by atoms with Crippen LogP contribution in [0.4, 0.5) is 0 Å². The molecule has 0 radical (unpaired) electrons. The maximum atomic E-state index is 12.4. The molecule has 114 valence electrons. The van der Waals surface area contributed by atoms with E-state index in [4.69, 9.17) is 4.74 Å². The highest BCUT2D eigenvalue weighted by Crippen LogP contribution is 2.24. The van der Waals surface area contributed by atoms with Crippen LogP contribution in [0.15, 0.2) is 0 Å². The molecule has 3 heterocycles. The Morgan fingerprint density at radius 1 is 1.50 bits per heavy atom. The van der Waals surface area contributed by atoms with Gasteiger partial charge in [0.15, 0.2) is 0 Å². The van der Waals surface area contributed by atoms with E-state index in [9.17, 15) is 4.79 Å². The Balaban J connectivity index is 1.48. The highest BCUT2D eigenvalue weighted by Gasteiger charge is 2.39. The average Bonchev–Trinajstić information content (AvgIpc) is 3.13. The molecule has 3 aliphatic rings. The Labute approximate surface area is 121 Å². The number of amides is 1. The third kappa shape index (κ3) is 2.71. The van der Waals surface area contributed by atoms with Gasteiger partial charge in [-0.1, -0.05) is 6.92 Å². The molecule has 3 atom stereocenters. The lowest BCUT2D eigenvalue weighted by Gasteiger charge is -2.36. The molecule has 0 aromatic carbocycles. The van der Waals surface area contributed by atoms with Crippen molar-refractivity contribution in [1.82, 2.24) is 15.5 Å². The quantitative estimate of drug-likeness (QED) is 0.788. The Kier molecular flexibility index (Phi) is 4.29. The second-order valence-electron chi connectivity index (χ2n) is 6.42. The summed E-state index contributed by atoms with van der Waals surface area (Å²) < 4.78 is 5.89. The highest BCUT2D eigenvalue weighted by atomic mass is 16.5. The fourth-order valence-electron chi connectivity index (χ4n) is 3.85. The summed E-state index contributed by atoms with van der Waals surface area (Å²) in [4.78, 5) is 14.9. The standard InChI is InChI=1S/C15H27N3O2/c1-2-15(6-4-7-17-15)14(19)16-9-13-10-18-8-3-5-12(18)11-20-13/h12-13,17H,2-11H2,1H3,(H,16,19). The monoisotopic (exact) mass is 281 g/mol. The molecule has 0 aromatic rings. The van der Waals surface area contributed by atoms with E-state index in [1.54, 1.807) is 0 Å². The van der Waals surface area contributed by atoms with Crippen molar-refractivity contribution < 1.29 is 9.53 Å². The van der Waals surface area contributed by atoms with Gasteiger partial charge < -0.3 is 15.4 Å². The van der Waals surface area contributed by atoms with Crippen LogP contribution in [0.1, 0.15) is 39.0 Å². The lowest BCUT2D eigenvalue weighted by molar-refractivity contribution is -0.128. The first-order valence-corrected chi connectivity index (χ1v) is 8.12. The molecule has 1 amide bonds. The molecule has 5 nitrogen and oxygen atoms in total. The fourth-order valence-corrected chi connectivity index (χ4v) is 3.85. The lowest BCUT2D eigenvalue weighted by Crippen LogP contribution is -2.56. The summed E-state index contributed by atoms with van der Waals surface area (Å²) in [5.74, 6) is 0.157. The summed E-state index contributed by atoms with van der Waals surface area (Å²) in [7, 11) is 0. The van der Waals surface area contributed by atoms with Gasteiger partial charge in [0.2, 0.25) is 5.91 Å². The zero-order valence-corrected chi connectivity index (χ0v) is 12.5. The number of carbonyl (C=O) groups excluding carboxylic acids is 1. The number of hydrogen-bond donors (Lipinski definition) is 2. The fraction of sp³-hybridized carbons (Fsp3) is 0.933. The molecular weight excluding hydrogens is 254 g/mol. The van der Waals surface area contributed by atoms with Crippen LogP contribution < -0.4 is 10.6 Å². The Morgan fingerprint density at radius 3 is 3.15 bits per heavy atom. The summed E-state index contributed by atoms with van der Waals surface area (Å²) in [5, 5.41) is 6.49. The Morgan fingerprint density at radius 2 is 2.40 bits per heavy atom. The summed E-state index contributed by atoms with van der Waals surface area (Å²) >= 11 is 0. The molecule has 3 fully saturated rings. The van der Waals surface area contributed by atoms with Gasteiger partial charge in [0.1, 0.15) is 0 Å². The van der Waals surface area contributed by atoms with Gasteiger partial charge in [-0.25, -0.2) is 0 Å². The molecule has 0 saturated carbocycles. The SMILES string of the molecule is CCC1(C(=O)NCC2CN3CCCC3CO2)CCCN1. The van der Waals surface area contributed by atoms with Gasteiger partial charge in [-0.2, -0.15) is 0 Å². The van der Waals surface area contributed by atoms with Gasteiger partial charge in [0.05, 0.1) is 18.2 Å². The number of hydrogen-bond acceptors (Lipinski definition) is 4. The minimum atomic E-state index is -0.329. The molecule has 0 bridgehead atoms. The molecule has 3 rings (SSSR count). The number of fused-ring (bicyclic) bond motifs is 1. The first-order valence-electron chi connectivity index (χ1n) is 8.12. The minimum absolute atomic E-state index is 0.156. The van der Waals surface area contributed by atoms with Crippen LogP contribution >= 0.6 is 0 Å². The molecule has 20 heavy (non-hydrogen) atoms. The lowest BCUT2D eigenvalue weighted by atomic mass is 9.93. The largest absolute Gasteiger partial charge is 0.373 e. The smallest absolute Gasteiger partial charge is 0.240 e. The number of rotatable bonds is 4. The third-order valence-electron chi connectivity index (χ3n) is 5.23. The van der Waals surface area contributed by atoms with Crippen LogP contribution in [0.5, 0.6) is 0 Å². The van der Waals surface area contributed by atoms with Crippen LogP contribution in [0, 0.1) is 0 Å². The van der Waals surface area contributed by atoms with E-state index in [-0.39, 0.29) is 17.6 Å². The van der Waals surface area contributed by atoms with E-state index in [2.05, 4.69) is 22.5 Å². The first kappa shape index (κ1) is 14.3. The second kappa shape index (κ2) is 6.00. The predicted molar refractivity (Wildman–Crippen MR) is 77.6 cm³/mol. The van der Waals surface area contributed by atoms with Crippen molar-refractivity contribution in [3.63, 3.8) is 0 Å². The molecule has 2 N–H and O–H groups in total. The van der Waals surface area contributed by atoms with E-state index < -0.39 is 0 Å². The van der Waals surface area contributed by atoms with Crippen molar-refractivity contribution >= 4 is 5.91 Å². The zero-order chi connectivity index (χ0) is 14.0. The summed E-state index contributed by atoms with van der Waals surface area (Å²) in [5.41, 5.74) is -0.329. The van der Waals surface area contributed by atoms with Crippen molar-refractivity contribution in [2.75, 3.05) is 32.8 Å². The van der Waals surface area contributed by atoms with Crippen LogP contribution in [-0.4, -0.2) is 61.3 Å². The van der Waals surface area contributed by atoms with Crippen molar-refractivity contribution in [2.45, 2.75) is 56.7 Å². The minimum Gasteiger partial charge on any atom is -0.373 e. The van der Waals surface area contributed by atoms with Crippen molar-refractivity contribution in [2.24, 2.45) is 0 Å². The predicted octanol–water partition coefficient (Wildman–Crippen LogP) is 0.498. The van der Waals surface area contributed by atoms with E-state index in [1.165, 1.54) is 19.4 Å². The van der Waals surface area contributed by atoms with E-state index in [0.29, 0.717) is 12.6 Å². The van der Waals surface area contributed by atoms with Crippen LogP contribution in [-0.2, 0) is 9.53 Å². The normalized spacial score (nSPS) is 37.9. The molecule has 5 heteroatoms. The summed E-state index contributed by atoms with van der Waals surface area (Å²) in [6.07, 6.45) is 5.62.